The Kier molecular flexibility index (Phi) is 5.51. The second-order valence-electron chi connectivity index (χ2n) is 8.79. The van der Waals surface area contributed by atoms with Crippen LogP contribution in [0.15, 0.2) is 39.9 Å². The molecule has 0 bridgehead atoms. The smallest absolute Gasteiger partial charge is 0.252 e. The molecule has 2 aliphatic heterocycles. The van der Waals surface area contributed by atoms with Crippen LogP contribution >= 0.6 is 11.3 Å². The van der Waals surface area contributed by atoms with Crippen molar-refractivity contribution in [1.82, 2.24) is 14.2 Å². The molecule has 1 atom stereocenters. The van der Waals surface area contributed by atoms with Gasteiger partial charge in [-0.15, -0.1) is 11.3 Å². The Bertz CT molecular complexity index is 1290. The Morgan fingerprint density at radius 1 is 1.30 bits per heavy atom. The van der Waals surface area contributed by atoms with E-state index in [-0.39, 0.29) is 12.5 Å². The van der Waals surface area contributed by atoms with Gasteiger partial charge in [0.05, 0.1) is 19.8 Å². The van der Waals surface area contributed by atoms with Crippen molar-refractivity contribution in [3.8, 4) is 5.75 Å². The number of H-pyrrole nitrogens is 1. The topological polar surface area (TPSA) is 103 Å². The molecule has 1 spiro atoms. The Balaban J connectivity index is 1.59. The van der Waals surface area contributed by atoms with Crippen molar-refractivity contribution in [1.29, 1.82) is 0 Å². The minimum Gasteiger partial charge on any atom is -0.497 e. The minimum atomic E-state index is -3.53. The molecule has 33 heavy (non-hydrogen) atoms. The van der Waals surface area contributed by atoms with E-state index in [0.29, 0.717) is 36.7 Å². The number of carbonyl (C=O) groups excluding carboxylic acids is 1. The number of aromatic amines is 1. The molecule has 0 saturated carbocycles. The number of aromatic nitrogens is 1. The van der Waals surface area contributed by atoms with Gasteiger partial charge < -0.3 is 19.7 Å². The lowest BCUT2D eigenvalue weighted by Gasteiger charge is -2.49. The lowest BCUT2D eigenvalue weighted by Crippen LogP contribution is -2.55. The molecule has 1 aromatic carbocycles. The van der Waals surface area contributed by atoms with E-state index in [9.17, 15) is 18.3 Å². The highest BCUT2D eigenvalue weighted by Crippen LogP contribution is 2.49. The predicted octanol–water partition coefficient (Wildman–Crippen LogP) is 2.86. The SMILES string of the molecule is COc1ccc2c3c([nH]c2c1)[C@H](CO)N(C(C)=O)CC31CCN(S(=O)(=O)c2cccs2)CC1. The molecule has 2 N–H and O–H groups in total. The second-order valence-corrected chi connectivity index (χ2v) is 11.9. The summed E-state index contributed by atoms with van der Waals surface area (Å²) in [6.07, 6.45) is 1.18. The Morgan fingerprint density at radius 2 is 2.06 bits per heavy atom. The number of hydrogen-bond donors (Lipinski definition) is 2. The van der Waals surface area contributed by atoms with E-state index in [4.69, 9.17) is 4.74 Å². The van der Waals surface area contributed by atoms with E-state index in [0.717, 1.165) is 27.9 Å². The first-order chi connectivity index (χ1) is 15.8. The fourth-order valence-electron chi connectivity index (χ4n) is 5.44. The van der Waals surface area contributed by atoms with Crippen LogP contribution in [0.5, 0.6) is 5.75 Å². The molecule has 5 rings (SSSR count). The van der Waals surface area contributed by atoms with E-state index in [1.54, 1.807) is 33.8 Å². The van der Waals surface area contributed by atoms with Gasteiger partial charge in [0, 0.05) is 54.6 Å². The number of sulfonamides is 1. The Morgan fingerprint density at radius 3 is 2.67 bits per heavy atom. The number of carbonyl (C=O) groups is 1. The van der Waals surface area contributed by atoms with Crippen molar-refractivity contribution in [2.24, 2.45) is 0 Å². The maximum atomic E-state index is 13.1. The van der Waals surface area contributed by atoms with Gasteiger partial charge in [0.1, 0.15) is 9.96 Å². The molecule has 0 radical (unpaired) electrons. The van der Waals surface area contributed by atoms with Gasteiger partial charge in [-0.3, -0.25) is 4.79 Å². The lowest BCUT2D eigenvalue weighted by molar-refractivity contribution is -0.134. The quantitative estimate of drug-likeness (QED) is 0.587. The van der Waals surface area contributed by atoms with Gasteiger partial charge in [-0.05, 0) is 42.0 Å². The summed E-state index contributed by atoms with van der Waals surface area (Å²) in [5, 5.41) is 13.0. The van der Waals surface area contributed by atoms with E-state index < -0.39 is 21.5 Å². The number of rotatable bonds is 4. The van der Waals surface area contributed by atoms with Gasteiger partial charge in [-0.1, -0.05) is 6.07 Å². The third-order valence-electron chi connectivity index (χ3n) is 7.09. The largest absolute Gasteiger partial charge is 0.497 e. The van der Waals surface area contributed by atoms with Crippen LogP contribution in [-0.2, 0) is 20.2 Å². The molecular formula is C23H27N3O5S2. The number of benzene rings is 1. The van der Waals surface area contributed by atoms with Crippen LogP contribution in [0.25, 0.3) is 10.9 Å². The first-order valence-corrected chi connectivity index (χ1v) is 13.2. The molecule has 2 aliphatic rings. The highest BCUT2D eigenvalue weighted by molar-refractivity contribution is 7.91. The summed E-state index contributed by atoms with van der Waals surface area (Å²) in [6.45, 7) is 2.53. The lowest BCUT2D eigenvalue weighted by atomic mass is 9.68. The molecule has 1 saturated heterocycles. The predicted molar refractivity (Wildman–Crippen MR) is 126 cm³/mol. The first-order valence-electron chi connectivity index (χ1n) is 10.9. The minimum absolute atomic E-state index is 0.107. The molecule has 1 amide bonds. The van der Waals surface area contributed by atoms with Crippen LogP contribution in [0, 0.1) is 0 Å². The van der Waals surface area contributed by atoms with Gasteiger partial charge in [0.2, 0.25) is 5.91 Å². The molecule has 1 fully saturated rings. The van der Waals surface area contributed by atoms with Crippen molar-refractivity contribution < 1.29 is 23.1 Å². The van der Waals surface area contributed by atoms with Gasteiger partial charge in [0.25, 0.3) is 10.0 Å². The summed E-state index contributed by atoms with van der Waals surface area (Å²) in [5.74, 6) is 0.611. The number of thiophene rings is 1. The summed E-state index contributed by atoms with van der Waals surface area (Å²) in [5.41, 5.74) is 2.40. The number of amides is 1. The summed E-state index contributed by atoms with van der Waals surface area (Å²) in [7, 11) is -1.91. The molecule has 10 heteroatoms. The van der Waals surface area contributed by atoms with Gasteiger partial charge in [-0.2, -0.15) is 4.31 Å². The van der Waals surface area contributed by atoms with Crippen molar-refractivity contribution in [2.75, 3.05) is 33.4 Å². The van der Waals surface area contributed by atoms with Crippen molar-refractivity contribution in [2.45, 2.75) is 35.4 Å². The monoisotopic (exact) mass is 489 g/mol. The van der Waals surface area contributed by atoms with Crippen LogP contribution in [0.4, 0.5) is 0 Å². The van der Waals surface area contributed by atoms with Crippen LogP contribution in [-0.4, -0.2) is 67.0 Å². The Labute approximate surface area is 196 Å². The van der Waals surface area contributed by atoms with E-state index in [2.05, 4.69) is 4.98 Å². The van der Waals surface area contributed by atoms with Crippen LogP contribution < -0.4 is 4.74 Å². The first kappa shape index (κ1) is 22.4. The van der Waals surface area contributed by atoms with E-state index >= 15 is 0 Å². The van der Waals surface area contributed by atoms with Crippen LogP contribution in [0.1, 0.15) is 37.1 Å². The highest BCUT2D eigenvalue weighted by atomic mass is 32.2. The summed E-state index contributed by atoms with van der Waals surface area (Å²) < 4.78 is 33.5. The van der Waals surface area contributed by atoms with Crippen LogP contribution in [0.3, 0.4) is 0 Å². The summed E-state index contributed by atoms with van der Waals surface area (Å²) in [6, 6.07) is 8.76. The second kappa shape index (κ2) is 8.12. The molecule has 4 heterocycles. The number of methoxy groups -OCH3 is 1. The molecule has 3 aromatic rings. The standard InChI is InChI=1S/C23H27N3O5S2/c1-15(28)26-14-23(7-9-25(10-8-23)33(29,30)20-4-3-11-32-20)21-17-6-5-16(31-2)12-18(17)24-22(21)19(26)13-27/h3-6,11-12,19,24,27H,7-10,13-14H2,1-2H3/t19-/m0/s1. The van der Waals surface area contributed by atoms with E-state index in [1.165, 1.54) is 18.3 Å². The van der Waals surface area contributed by atoms with Gasteiger partial charge in [0.15, 0.2) is 0 Å². The summed E-state index contributed by atoms with van der Waals surface area (Å²) in [4.78, 5) is 17.7. The van der Waals surface area contributed by atoms with Gasteiger partial charge >= 0.3 is 0 Å². The Hall–Kier alpha value is -2.40. The third-order valence-corrected chi connectivity index (χ3v) is 10.4. The molecule has 0 aliphatic carbocycles. The zero-order chi connectivity index (χ0) is 23.4. The number of fused-ring (bicyclic) bond motifs is 4. The fraction of sp³-hybridized carbons (Fsp3) is 0.435. The number of ether oxygens (including phenoxy) is 1. The number of hydrogen-bond acceptors (Lipinski definition) is 6. The average molecular weight is 490 g/mol. The zero-order valence-corrected chi connectivity index (χ0v) is 20.2. The van der Waals surface area contributed by atoms with Crippen molar-refractivity contribution in [3.05, 3.63) is 47.0 Å². The molecule has 176 valence electrons. The fourth-order valence-corrected chi connectivity index (χ4v) is 8.02. The zero-order valence-electron chi connectivity index (χ0n) is 18.6. The average Bonchev–Trinajstić information content (AvgIpc) is 3.48. The number of aliphatic hydroxyl groups is 1. The van der Waals surface area contributed by atoms with Crippen molar-refractivity contribution >= 4 is 38.2 Å². The normalized spacial score (nSPS) is 20.8. The highest BCUT2D eigenvalue weighted by Gasteiger charge is 2.49. The van der Waals surface area contributed by atoms with Gasteiger partial charge in [-0.25, -0.2) is 8.42 Å². The number of piperidine rings is 1. The maximum absolute atomic E-state index is 13.1. The molecule has 8 nitrogen and oxygen atoms in total. The number of aliphatic hydroxyl groups excluding tert-OH is 1. The van der Waals surface area contributed by atoms with Crippen molar-refractivity contribution in [3.63, 3.8) is 0 Å². The van der Waals surface area contributed by atoms with Crippen LogP contribution in [0.2, 0.25) is 0 Å². The maximum Gasteiger partial charge on any atom is 0.252 e. The molecule has 0 unspecified atom stereocenters. The summed E-state index contributed by atoms with van der Waals surface area (Å²) >= 11 is 1.23. The molecular weight excluding hydrogens is 462 g/mol. The third kappa shape index (κ3) is 3.47. The number of nitrogens with zero attached hydrogens (tertiary/aromatic N) is 2. The van der Waals surface area contributed by atoms with E-state index in [1.807, 2.05) is 18.2 Å². The molecule has 2 aromatic heterocycles. The number of nitrogens with one attached hydrogen (secondary N) is 1.